The lowest BCUT2D eigenvalue weighted by molar-refractivity contribution is 0.405. The van der Waals surface area contributed by atoms with E-state index in [0.29, 0.717) is 17.9 Å². The van der Waals surface area contributed by atoms with Crippen LogP contribution in [0.5, 0.6) is 5.75 Å². The van der Waals surface area contributed by atoms with Gasteiger partial charge in [0.25, 0.3) is 0 Å². The first-order chi connectivity index (χ1) is 9.69. The Morgan fingerprint density at radius 3 is 2.80 bits per heavy atom. The predicted molar refractivity (Wildman–Crippen MR) is 77.4 cm³/mol. The molecule has 0 spiro atoms. The maximum absolute atomic E-state index is 14.1. The van der Waals surface area contributed by atoms with Crippen molar-refractivity contribution in [2.75, 3.05) is 13.7 Å². The van der Waals surface area contributed by atoms with Crippen LogP contribution in [0.2, 0.25) is 0 Å². The summed E-state index contributed by atoms with van der Waals surface area (Å²) < 4.78 is 32.8. The Bertz CT molecular complexity index is 571. The maximum Gasteiger partial charge on any atom is 0.163 e. The number of benzene rings is 1. The lowest BCUT2D eigenvalue weighted by Gasteiger charge is -2.19. The summed E-state index contributed by atoms with van der Waals surface area (Å²) in [7, 11) is 1.57. The molecular formula is C15H17F2NOS. The minimum Gasteiger partial charge on any atom is -0.496 e. The third kappa shape index (κ3) is 2.99. The number of ether oxygens (including phenoxy) is 1. The highest BCUT2D eigenvalue weighted by Gasteiger charge is 2.23. The number of thiophene rings is 1. The number of nitrogens with one attached hydrogen (secondary N) is 1. The maximum atomic E-state index is 14.1. The van der Waals surface area contributed by atoms with Crippen LogP contribution in [0.1, 0.15) is 29.8 Å². The monoisotopic (exact) mass is 297 g/mol. The van der Waals surface area contributed by atoms with Crippen LogP contribution in [0.3, 0.4) is 0 Å². The Kier molecular flexibility index (Phi) is 5.09. The van der Waals surface area contributed by atoms with Gasteiger partial charge in [0.05, 0.1) is 18.0 Å². The average Bonchev–Trinajstić information content (AvgIpc) is 2.92. The smallest absolute Gasteiger partial charge is 0.163 e. The van der Waals surface area contributed by atoms with E-state index in [2.05, 4.69) is 5.32 Å². The third-order valence-corrected chi connectivity index (χ3v) is 3.99. The minimum atomic E-state index is -0.832. The highest BCUT2D eigenvalue weighted by Crippen LogP contribution is 2.36. The van der Waals surface area contributed by atoms with E-state index in [1.165, 1.54) is 17.4 Å². The van der Waals surface area contributed by atoms with Gasteiger partial charge in [0.15, 0.2) is 11.6 Å². The summed E-state index contributed by atoms with van der Waals surface area (Å²) in [5.41, 5.74) is 0.305. The normalized spacial score (nSPS) is 12.4. The van der Waals surface area contributed by atoms with Crippen LogP contribution in [-0.4, -0.2) is 13.7 Å². The van der Waals surface area contributed by atoms with Crippen molar-refractivity contribution in [1.29, 1.82) is 0 Å². The van der Waals surface area contributed by atoms with Gasteiger partial charge in [-0.2, -0.15) is 0 Å². The Labute approximate surface area is 121 Å². The predicted octanol–water partition coefficient (Wildman–Crippen LogP) is 4.12. The summed E-state index contributed by atoms with van der Waals surface area (Å²) in [6, 6.07) is 5.68. The molecule has 0 aliphatic carbocycles. The lowest BCUT2D eigenvalue weighted by Crippen LogP contribution is -2.24. The zero-order valence-electron chi connectivity index (χ0n) is 11.5. The van der Waals surface area contributed by atoms with Crippen molar-refractivity contribution in [3.63, 3.8) is 0 Å². The van der Waals surface area contributed by atoms with Gasteiger partial charge in [-0.15, -0.1) is 11.3 Å². The summed E-state index contributed by atoms with van der Waals surface area (Å²) in [5, 5.41) is 5.14. The minimum absolute atomic E-state index is 0.305. The van der Waals surface area contributed by atoms with E-state index in [0.717, 1.165) is 17.4 Å². The van der Waals surface area contributed by atoms with Crippen LogP contribution in [0, 0.1) is 11.6 Å². The van der Waals surface area contributed by atoms with Gasteiger partial charge in [-0.25, -0.2) is 8.78 Å². The van der Waals surface area contributed by atoms with Crippen LogP contribution in [-0.2, 0) is 0 Å². The molecule has 1 unspecified atom stereocenters. The average molecular weight is 297 g/mol. The Morgan fingerprint density at radius 1 is 1.30 bits per heavy atom. The molecule has 2 nitrogen and oxygen atoms in total. The quantitative estimate of drug-likeness (QED) is 0.866. The molecule has 1 aromatic carbocycles. The molecule has 0 saturated heterocycles. The molecule has 108 valence electrons. The Hall–Kier alpha value is -1.46. The zero-order valence-corrected chi connectivity index (χ0v) is 12.3. The molecule has 0 amide bonds. The van der Waals surface area contributed by atoms with Crippen LogP contribution < -0.4 is 10.1 Å². The molecule has 5 heteroatoms. The SMILES string of the molecule is CCCNC(c1cccc(F)c1F)c1sccc1OC. The molecule has 1 N–H and O–H groups in total. The van der Waals surface area contributed by atoms with Crippen LogP contribution in [0.25, 0.3) is 0 Å². The number of hydrogen-bond acceptors (Lipinski definition) is 3. The molecule has 1 atom stereocenters. The standard InChI is InChI=1S/C15H17F2NOS/c1-3-8-18-14(15-12(19-2)7-9-20-15)10-5-4-6-11(16)13(10)17/h4-7,9,14,18H,3,8H2,1-2H3. The van der Waals surface area contributed by atoms with Gasteiger partial charge in [0.2, 0.25) is 0 Å². The second-order valence-corrected chi connectivity index (χ2v) is 5.33. The van der Waals surface area contributed by atoms with Crippen LogP contribution in [0.4, 0.5) is 8.78 Å². The van der Waals surface area contributed by atoms with Crippen molar-refractivity contribution < 1.29 is 13.5 Å². The zero-order chi connectivity index (χ0) is 14.5. The molecule has 0 aliphatic heterocycles. The second kappa shape index (κ2) is 6.81. The van der Waals surface area contributed by atoms with E-state index in [1.54, 1.807) is 13.2 Å². The number of hydrogen-bond donors (Lipinski definition) is 1. The fourth-order valence-electron chi connectivity index (χ4n) is 2.06. The first-order valence-corrected chi connectivity index (χ1v) is 7.35. The fraction of sp³-hybridized carbons (Fsp3) is 0.333. The van der Waals surface area contributed by atoms with Gasteiger partial charge >= 0.3 is 0 Å². The van der Waals surface area contributed by atoms with E-state index in [1.807, 2.05) is 18.4 Å². The van der Waals surface area contributed by atoms with Gasteiger partial charge < -0.3 is 10.1 Å². The summed E-state index contributed by atoms with van der Waals surface area (Å²) >= 11 is 1.47. The van der Waals surface area contributed by atoms with E-state index < -0.39 is 17.7 Å². The number of methoxy groups -OCH3 is 1. The highest BCUT2D eigenvalue weighted by atomic mass is 32.1. The number of halogens is 2. The molecule has 0 bridgehead atoms. The molecule has 20 heavy (non-hydrogen) atoms. The van der Waals surface area contributed by atoms with Gasteiger partial charge in [-0.1, -0.05) is 19.1 Å². The molecule has 1 heterocycles. The lowest BCUT2D eigenvalue weighted by atomic mass is 10.0. The highest BCUT2D eigenvalue weighted by molar-refractivity contribution is 7.10. The fourth-order valence-corrected chi connectivity index (χ4v) is 3.02. The molecule has 2 aromatic rings. The van der Waals surface area contributed by atoms with E-state index in [9.17, 15) is 8.78 Å². The van der Waals surface area contributed by atoms with E-state index >= 15 is 0 Å². The van der Waals surface area contributed by atoms with Crippen LogP contribution in [0.15, 0.2) is 29.6 Å². The van der Waals surface area contributed by atoms with E-state index in [-0.39, 0.29) is 0 Å². The summed E-state index contributed by atoms with van der Waals surface area (Å²) in [4.78, 5) is 0.852. The molecule has 0 fully saturated rings. The molecule has 2 rings (SSSR count). The van der Waals surface area contributed by atoms with Crippen molar-refractivity contribution in [2.45, 2.75) is 19.4 Å². The topological polar surface area (TPSA) is 21.3 Å². The molecule has 0 aliphatic rings. The first kappa shape index (κ1) is 14.9. The van der Waals surface area contributed by atoms with Crippen molar-refractivity contribution in [1.82, 2.24) is 5.32 Å². The summed E-state index contributed by atoms with van der Waals surface area (Å²) in [6.45, 7) is 2.74. The second-order valence-electron chi connectivity index (χ2n) is 4.38. The van der Waals surface area contributed by atoms with Gasteiger partial charge in [-0.3, -0.25) is 0 Å². The third-order valence-electron chi connectivity index (χ3n) is 3.03. The molecule has 0 saturated carbocycles. The van der Waals surface area contributed by atoms with Gasteiger partial charge in [0, 0.05) is 5.56 Å². The van der Waals surface area contributed by atoms with Crippen molar-refractivity contribution >= 4 is 11.3 Å². The van der Waals surface area contributed by atoms with E-state index in [4.69, 9.17) is 4.74 Å². The van der Waals surface area contributed by atoms with Crippen LogP contribution >= 0.6 is 11.3 Å². The molecule has 1 aromatic heterocycles. The summed E-state index contributed by atoms with van der Waals surface area (Å²) in [6.07, 6.45) is 0.904. The number of rotatable bonds is 6. The van der Waals surface area contributed by atoms with Crippen molar-refractivity contribution in [2.24, 2.45) is 0 Å². The molecule has 0 radical (unpaired) electrons. The van der Waals surface area contributed by atoms with Crippen molar-refractivity contribution in [3.8, 4) is 5.75 Å². The largest absolute Gasteiger partial charge is 0.496 e. The van der Waals surface area contributed by atoms with Crippen molar-refractivity contribution in [3.05, 3.63) is 51.7 Å². The summed E-state index contributed by atoms with van der Waals surface area (Å²) in [5.74, 6) is -0.954. The molecular weight excluding hydrogens is 280 g/mol. The Morgan fingerprint density at radius 2 is 2.10 bits per heavy atom. The van der Waals surface area contributed by atoms with Gasteiger partial charge in [0.1, 0.15) is 5.75 Å². The Balaban J connectivity index is 2.44. The van der Waals surface area contributed by atoms with Gasteiger partial charge in [-0.05, 0) is 30.5 Å². The first-order valence-electron chi connectivity index (χ1n) is 6.47.